The van der Waals surface area contributed by atoms with E-state index in [1.54, 1.807) is 12.1 Å². The molecular formula is C16H20FNO3. The van der Waals surface area contributed by atoms with Gasteiger partial charge in [0.05, 0.1) is 5.41 Å². The van der Waals surface area contributed by atoms with Crippen LogP contribution in [0.25, 0.3) is 0 Å². The minimum absolute atomic E-state index is 0.00709. The van der Waals surface area contributed by atoms with Crippen molar-refractivity contribution in [2.45, 2.75) is 43.9 Å². The van der Waals surface area contributed by atoms with Gasteiger partial charge in [0.1, 0.15) is 5.82 Å². The Morgan fingerprint density at radius 2 is 1.81 bits per heavy atom. The Balaban J connectivity index is 1.75. The van der Waals surface area contributed by atoms with Crippen LogP contribution in [0.5, 0.6) is 0 Å². The quantitative estimate of drug-likeness (QED) is 0.724. The summed E-state index contributed by atoms with van der Waals surface area (Å²) in [5.74, 6) is -1.09. The van der Waals surface area contributed by atoms with Gasteiger partial charge in [0.2, 0.25) is 5.91 Å². The lowest BCUT2D eigenvalue weighted by Crippen LogP contribution is -2.35. The van der Waals surface area contributed by atoms with Crippen molar-refractivity contribution < 1.29 is 19.1 Å². The molecule has 0 unspecified atom stereocenters. The summed E-state index contributed by atoms with van der Waals surface area (Å²) < 4.78 is 12.9. The SMILES string of the molecule is O=C(O)CCCCCNC(=O)C1(c2ccc(F)cc2)CC1. The lowest BCUT2D eigenvalue weighted by atomic mass is 9.95. The van der Waals surface area contributed by atoms with E-state index < -0.39 is 11.4 Å². The predicted octanol–water partition coefficient (Wildman–Crippen LogP) is 2.62. The van der Waals surface area contributed by atoms with Crippen LogP contribution in [0, 0.1) is 5.82 Å². The first-order valence-corrected chi connectivity index (χ1v) is 7.31. The Labute approximate surface area is 123 Å². The first-order chi connectivity index (χ1) is 10.0. The number of nitrogens with one attached hydrogen (secondary N) is 1. The maximum absolute atomic E-state index is 12.9. The monoisotopic (exact) mass is 293 g/mol. The van der Waals surface area contributed by atoms with Gasteiger partial charge >= 0.3 is 5.97 Å². The molecule has 1 amide bonds. The van der Waals surface area contributed by atoms with Gasteiger partial charge in [-0.1, -0.05) is 18.6 Å². The predicted molar refractivity (Wildman–Crippen MR) is 76.4 cm³/mol. The van der Waals surface area contributed by atoms with Crippen molar-refractivity contribution >= 4 is 11.9 Å². The highest BCUT2D eigenvalue weighted by Crippen LogP contribution is 2.48. The third-order valence-corrected chi connectivity index (χ3v) is 3.93. The van der Waals surface area contributed by atoms with Crippen LogP contribution >= 0.6 is 0 Å². The Hall–Kier alpha value is -1.91. The highest BCUT2D eigenvalue weighted by atomic mass is 19.1. The van der Waals surface area contributed by atoms with Crippen LogP contribution < -0.4 is 5.32 Å². The van der Waals surface area contributed by atoms with Gasteiger partial charge in [-0.05, 0) is 43.4 Å². The van der Waals surface area contributed by atoms with Crippen LogP contribution in [0.1, 0.15) is 44.1 Å². The van der Waals surface area contributed by atoms with Crippen LogP contribution in [0.2, 0.25) is 0 Å². The van der Waals surface area contributed by atoms with Crippen molar-refractivity contribution in [3.63, 3.8) is 0 Å². The van der Waals surface area contributed by atoms with E-state index in [-0.39, 0.29) is 18.1 Å². The molecule has 0 spiro atoms. The molecular weight excluding hydrogens is 273 g/mol. The van der Waals surface area contributed by atoms with E-state index in [2.05, 4.69) is 5.32 Å². The first kappa shape index (κ1) is 15.5. The molecule has 4 nitrogen and oxygen atoms in total. The maximum Gasteiger partial charge on any atom is 0.303 e. The number of unbranched alkanes of at least 4 members (excludes halogenated alkanes) is 2. The Morgan fingerprint density at radius 1 is 1.14 bits per heavy atom. The Kier molecular flexibility index (Phi) is 4.94. The fraction of sp³-hybridized carbons (Fsp3) is 0.500. The molecule has 0 bridgehead atoms. The van der Waals surface area contributed by atoms with E-state index >= 15 is 0 Å². The maximum atomic E-state index is 12.9. The van der Waals surface area contributed by atoms with Crippen LogP contribution in [0.15, 0.2) is 24.3 Å². The Bertz CT molecular complexity index is 509. The minimum atomic E-state index is -0.785. The normalized spacial score (nSPS) is 15.5. The van der Waals surface area contributed by atoms with Crippen LogP contribution in [-0.2, 0) is 15.0 Å². The zero-order valence-electron chi connectivity index (χ0n) is 11.9. The van der Waals surface area contributed by atoms with Gasteiger partial charge < -0.3 is 10.4 Å². The van der Waals surface area contributed by atoms with E-state index in [1.807, 2.05) is 0 Å². The number of carbonyl (C=O) groups excluding carboxylic acids is 1. The first-order valence-electron chi connectivity index (χ1n) is 7.31. The average Bonchev–Trinajstić information content (AvgIpc) is 3.24. The number of aliphatic carboxylic acids is 1. The molecule has 0 aliphatic heterocycles. The van der Waals surface area contributed by atoms with Gasteiger partial charge in [0.25, 0.3) is 0 Å². The molecule has 1 aromatic carbocycles. The lowest BCUT2D eigenvalue weighted by Gasteiger charge is -2.15. The average molecular weight is 293 g/mol. The summed E-state index contributed by atoms with van der Waals surface area (Å²) in [5, 5.41) is 11.4. The summed E-state index contributed by atoms with van der Waals surface area (Å²) in [6, 6.07) is 6.12. The van der Waals surface area contributed by atoms with E-state index in [0.29, 0.717) is 13.0 Å². The van der Waals surface area contributed by atoms with E-state index in [4.69, 9.17) is 5.11 Å². The number of halogens is 1. The summed E-state index contributed by atoms with van der Waals surface area (Å²) in [6.07, 6.45) is 3.96. The number of carboxylic acid groups (broad SMARTS) is 1. The molecule has 21 heavy (non-hydrogen) atoms. The van der Waals surface area contributed by atoms with Crippen LogP contribution in [-0.4, -0.2) is 23.5 Å². The topological polar surface area (TPSA) is 66.4 Å². The summed E-state index contributed by atoms with van der Waals surface area (Å²) in [7, 11) is 0. The molecule has 2 N–H and O–H groups in total. The number of rotatable bonds is 8. The molecule has 5 heteroatoms. The molecule has 0 radical (unpaired) electrons. The highest BCUT2D eigenvalue weighted by molar-refractivity contribution is 5.91. The standard InChI is InChI=1S/C16H20FNO3/c17-13-7-5-12(6-8-13)16(9-10-16)15(21)18-11-3-1-2-4-14(19)20/h5-8H,1-4,9-11H2,(H,18,21)(H,19,20). The smallest absolute Gasteiger partial charge is 0.303 e. The molecule has 0 aromatic heterocycles. The zero-order chi connectivity index (χ0) is 15.3. The van der Waals surface area contributed by atoms with Gasteiger partial charge in [-0.2, -0.15) is 0 Å². The number of hydrogen-bond donors (Lipinski definition) is 2. The minimum Gasteiger partial charge on any atom is -0.481 e. The van der Waals surface area contributed by atoms with Crippen molar-refractivity contribution in [2.75, 3.05) is 6.54 Å². The number of hydrogen-bond acceptors (Lipinski definition) is 2. The molecule has 114 valence electrons. The highest BCUT2D eigenvalue weighted by Gasteiger charge is 2.50. The molecule has 2 rings (SSSR count). The lowest BCUT2D eigenvalue weighted by molar-refractivity contribution is -0.137. The van der Waals surface area contributed by atoms with Crippen LogP contribution in [0.3, 0.4) is 0 Å². The summed E-state index contributed by atoms with van der Waals surface area (Å²) in [6.45, 7) is 0.557. The zero-order valence-corrected chi connectivity index (χ0v) is 11.9. The number of carbonyl (C=O) groups is 2. The second kappa shape index (κ2) is 6.70. The van der Waals surface area contributed by atoms with Crippen molar-refractivity contribution in [1.82, 2.24) is 5.32 Å². The van der Waals surface area contributed by atoms with Crippen molar-refractivity contribution in [3.05, 3.63) is 35.6 Å². The largest absolute Gasteiger partial charge is 0.481 e. The van der Waals surface area contributed by atoms with E-state index in [1.165, 1.54) is 12.1 Å². The van der Waals surface area contributed by atoms with E-state index in [9.17, 15) is 14.0 Å². The molecule has 1 aromatic rings. The molecule has 1 saturated carbocycles. The van der Waals surface area contributed by atoms with Gasteiger partial charge in [-0.25, -0.2) is 4.39 Å². The summed E-state index contributed by atoms with van der Waals surface area (Å²) in [5.41, 5.74) is 0.390. The molecule has 1 fully saturated rings. The number of carboxylic acids is 1. The van der Waals surface area contributed by atoms with Crippen LogP contribution in [0.4, 0.5) is 4.39 Å². The third kappa shape index (κ3) is 4.03. The number of amides is 1. The van der Waals surface area contributed by atoms with Crippen molar-refractivity contribution in [3.8, 4) is 0 Å². The fourth-order valence-electron chi connectivity index (χ4n) is 2.49. The summed E-state index contributed by atoms with van der Waals surface area (Å²) >= 11 is 0. The number of benzene rings is 1. The third-order valence-electron chi connectivity index (χ3n) is 3.93. The summed E-state index contributed by atoms with van der Waals surface area (Å²) in [4.78, 5) is 22.6. The molecule has 1 aliphatic carbocycles. The second-order valence-electron chi connectivity index (χ2n) is 5.55. The van der Waals surface area contributed by atoms with Gasteiger partial charge in [0.15, 0.2) is 0 Å². The molecule has 0 heterocycles. The van der Waals surface area contributed by atoms with Gasteiger partial charge in [0, 0.05) is 13.0 Å². The van der Waals surface area contributed by atoms with Crippen molar-refractivity contribution in [1.29, 1.82) is 0 Å². The van der Waals surface area contributed by atoms with Gasteiger partial charge in [-0.15, -0.1) is 0 Å². The fourth-order valence-corrected chi connectivity index (χ4v) is 2.49. The Morgan fingerprint density at radius 3 is 2.38 bits per heavy atom. The molecule has 0 saturated heterocycles. The van der Waals surface area contributed by atoms with Gasteiger partial charge in [-0.3, -0.25) is 9.59 Å². The molecule has 1 aliphatic rings. The van der Waals surface area contributed by atoms with Crippen molar-refractivity contribution in [2.24, 2.45) is 0 Å². The van der Waals surface area contributed by atoms with E-state index in [0.717, 1.165) is 31.2 Å². The molecule has 0 atom stereocenters. The second-order valence-corrected chi connectivity index (χ2v) is 5.55.